The Morgan fingerprint density at radius 3 is 2.00 bits per heavy atom. The van der Waals surface area contributed by atoms with Gasteiger partial charge >= 0.3 is 6.09 Å². The summed E-state index contributed by atoms with van der Waals surface area (Å²) in [5, 5.41) is 0. The lowest BCUT2D eigenvalue weighted by Crippen LogP contribution is -2.31. The summed E-state index contributed by atoms with van der Waals surface area (Å²) < 4.78 is 6.99. The molecule has 0 radical (unpaired) electrons. The second kappa shape index (κ2) is 7.20. The van der Waals surface area contributed by atoms with Crippen molar-refractivity contribution < 1.29 is 9.53 Å². The van der Waals surface area contributed by atoms with Gasteiger partial charge in [-0.25, -0.2) is 4.79 Å². The number of carbonyl (C=O) groups is 1. The lowest BCUT2D eigenvalue weighted by molar-refractivity contribution is 0.0763. The first-order valence-electron chi connectivity index (χ1n) is 8.93. The number of rotatable bonds is 3. The van der Waals surface area contributed by atoms with E-state index in [4.69, 9.17) is 4.74 Å². The Kier molecular flexibility index (Phi) is 4.75. The molecule has 136 valence electrons. The molecule has 4 rings (SSSR count). The van der Waals surface area contributed by atoms with Gasteiger partial charge in [-0.1, -0.05) is 76.6 Å². The molecule has 1 aliphatic carbocycles. The minimum absolute atomic E-state index is 0.0857. The normalized spacial score (nSPS) is 13.6. The fraction of sp³-hybridized carbons (Fsp3) is 0.174. The third-order valence-electron chi connectivity index (χ3n) is 5.22. The quantitative estimate of drug-likeness (QED) is 0.492. The van der Waals surface area contributed by atoms with Gasteiger partial charge in [0.25, 0.3) is 0 Å². The fourth-order valence-corrected chi connectivity index (χ4v) is 3.81. The van der Waals surface area contributed by atoms with Gasteiger partial charge in [0.1, 0.15) is 0 Å². The second-order valence-electron chi connectivity index (χ2n) is 6.78. The molecule has 1 unspecified atom stereocenters. The predicted molar refractivity (Wildman–Crippen MR) is 111 cm³/mol. The van der Waals surface area contributed by atoms with Crippen LogP contribution in [0.1, 0.15) is 35.8 Å². The molecule has 4 heteroatoms. The van der Waals surface area contributed by atoms with Crippen LogP contribution < -0.4 is 0 Å². The zero-order valence-electron chi connectivity index (χ0n) is 15.2. The van der Waals surface area contributed by atoms with Crippen LogP contribution in [0.25, 0.3) is 11.1 Å². The fourth-order valence-electron chi connectivity index (χ4n) is 3.54. The zero-order chi connectivity index (χ0) is 19.0. The maximum Gasteiger partial charge on any atom is 0.410 e. The van der Waals surface area contributed by atoms with Crippen LogP contribution in [0.3, 0.4) is 0 Å². The monoisotopic (exact) mass is 421 g/mol. The molecule has 0 aromatic heterocycles. The first kappa shape index (κ1) is 17.8. The molecule has 3 aromatic carbocycles. The molecule has 3 aromatic rings. The first-order valence-corrected chi connectivity index (χ1v) is 9.72. The molecule has 0 spiro atoms. The molecular formula is C23H20BrNO2. The summed E-state index contributed by atoms with van der Waals surface area (Å²) in [6.07, 6.45) is -0.702. The van der Waals surface area contributed by atoms with Gasteiger partial charge in [-0.2, -0.15) is 0 Å². The highest BCUT2D eigenvalue weighted by molar-refractivity contribution is 9.10. The number of benzene rings is 3. The summed E-state index contributed by atoms with van der Waals surface area (Å²) in [7, 11) is 1.78. The van der Waals surface area contributed by atoms with Crippen LogP contribution in [-0.2, 0) is 4.74 Å². The van der Waals surface area contributed by atoms with Crippen LogP contribution in [-0.4, -0.2) is 18.0 Å². The van der Waals surface area contributed by atoms with Crippen molar-refractivity contribution in [3.8, 4) is 11.1 Å². The second-order valence-corrected chi connectivity index (χ2v) is 7.69. The van der Waals surface area contributed by atoms with E-state index < -0.39 is 0 Å². The van der Waals surface area contributed by atoms with Crippen LogP contribution in [0.4, 0.5) is 4.79 Å². The van der Waals surface area contributed by atoms with Crippen molar-refractivity contribution in [2.75, 3.05) is 7.05 Å². The first-order chi connectivity index (χ1) is 13.1. The molecule has 1 atom stereocenters. The topological polar surface area (TPSA) is 29.5 Å². The summed E-state index contributed by atoms with van der Waals surface area (Å²) >= 11 is 3.44. The van der Waals surface area contributed by atoms with E-state index in [0.717, 1.165) is 32.3 Å². The lowest BCUT2D eigenvalue weighted by Gasteiger charge is -2.27. The lowest BCUT2D eigenvalue weighted by atomic mass is 10.1. The Balaban J connectivity index is 1.58. The van der Waals surface area contributed by atoms with Gasteiger partial charge < -0.3 is 9.64 Å². The van der Waals surface area contributed by atoms with E-state index in [9.17, 15) is 4.79 Å². The van der Waals surface area contributed by atoms with E-state index >= 15 is 0 Å². The van der Waals surface area contributed by atoms with Crippen LogP contribution in [0.2, 0.25) is 0 Å². The van der Waals surface area contributed by atoms with Gasteiger partial charge in [0.05, 0.1) is 6.04 Å². The molecule has 3 nitrogen and oxygen atoms in total. The Hall–Kier alpha value is -2.59. The molecule has 0 N–H and O–H groups in total. The minimum atomic E-state index is -0.371. The summed E-state index contributed by atoms with van der Waals surface area (Å²) in [5.74, 6) is 0. The number of halogens is 1. The molecular weight excluding hydrogens is 402 g/mol. The van der Waals surface area contributed by atoms with E-state index in [0.29, 0.717) is 0 Å². The number of nitrogens with zero attached hydrogens (tertiary/aromatic N) is 1. The predicted octanol–water partition coefficient (Wildman–Crippen LogP) is 6.35. The van der Waals surface area contributed by atoms with Gasteiger partial charge in [-0.15, -0.1) is 0 Å². The van der Waals surface area contributed by atoms with Crippen molar-refractivity contribution in [3.63, 3.8) is 0 Å². The van der Waals surface area contributed by atoms with Crippen molar-refractivity contribution in [2.24, 2.45) is 0 Å². The molecule has 1 amide bonds. The Morgan fingerprint density at radius 1 is 0.926 bits per heavy atom. The van der Waals surface area contributed by atoms with E-state index in [1.807, 2.05) is 67.6 Å². The molecule has 0 fully saturated rings. The van der Waals surface area contributed by atoms with Gasteiger partial charge in [0, 0.05) is 22.6 Å². The molecule has 0 aliphatic heterocycles. The maximum atomic E-state index is 12.9. The number of amides is 1. The molecule has 0 heterocycles. The van der Waals surface area contributed by atoms with E-state index in [2.05, 4.69) is 28.1 Å². The van der Waals surface area contributed by atoms with E-state index in [1.54, 1.807) is 11.9 Å². The highest BCUT2D eigenvalue weighted by Crippen LogP contribution is 2.45. The Morgan fingerprint density at radius 2 is 1.44 bits per heavy atom. The average Bonchev–Trinajstić information content (AvgIpc) is 3.01. The smallest absolute Gasteiger partial charge is 0.410 e. The average molecular weight is 422 g/mol. The van der Waals surface area contributed by atoms with Crippen LogP contribution in [0, 0.1) is 0 Å². The van der Waals surface area contributed by atoms with Crippen molar-refractivity contribution in [3.05, 3.63) is 94.0 Å². The van der Waals surface area contributed by atoms with Gasteiger partial charge in [-0.05, 0) is 35.7 Å². The highest BCUT2D eigenvalue weighted by atomic mass is 79.9. The van der Waals surface area contributed by atoms with Gasteiger partial charge in [0.15, 0.2) is 6.10 Å². The number of ether oxygens (including phenoxy) is 1. The number of carbonyl (C=O) groups excluding carboxylic acids is 1. The number of fused-ring (bicyclic) bond motifs is 3. The third-order valence-corrected chi connectivity index (χ3v) is 5.75. The van der Waals surface area contributed by atoms with E-state index in [-0.39, 0.29) is 18.2 Å². The summed E-state index contributed by atoms with van der Waals surface area (Å²) in [4.78, 5) is 14.5. The summed E-state index contributed by atoms with van der Waals surface area (Å²) in [6.45, 7) is 2.00. The summed E-state index contributed by atoms with van der Waals surface area (Å²) in [5.41, 5.74) is 5.40. The van der Waals surface area contributed by atoms with Crippen molar-refractivity contribution >= 4 is 22.0 Å². The Bertz CT molecular complexity index is 938. The van der Waals surface area contributed by atoms with Crippen LogP contribution in [0.15, 0.2) is 77.3 Å². The van der Waals surface area contributed by atoms with Crippen LogP contribution in [0.5, 0.6) is 0 Å². The molecule has 0 saturated heterocycles. The molecule has 0 bridgehead atoms. The van der Waals surface area contributed by atoms with Crippen molar-refractivity contribution in [1.82, 2.24) is 4.90 Å². The zero-order valence-corrected chi connectivity index (χ0v) is 16.8. The largest absolute Gasteiger partial charge is 0.436 e. The van der Waals surface area contributed by atoms with E-state index in [1.165, 1.54) is 0 Å². The molecule has 1 aliphatic rings. The van der Waals surface area contributed by atoms with Crippen molar-refractivity contribution in [1.29, 1.82) is 0 Å². The van der Waals surface area contributed by atoms with Crippen LogP contribution >= 0.6 is 15.9 Å². The summed E-state index contributed by atoms with van der Waals surface area (Å²) in [6, 6.07) is 24.1. The maximum absolute atomic E-state index is 12.9. The SMILES string of the molecule is CC(c1ccc(Br)cc1)N(C)C(=O)OC1c2ccccc2-c2ccccc21. The minimum Gasteiger partial charge on any atom is -0.436 e. The number of hydrogen-bond donors (Lipinski definition) is 0. The van der Waals surface area contributed by atoms with Gasteiger partial charge in [-0.3, -0.25) is 0 Å². The molecule has 27 heavy (non-hydrogen) atoms. The number of hydrogen-bond acceptors (Lipinski definition) is 2. The van der Waals surface area contributed by atoms with Gasteiger partial charge in [0.2, 0.25) is 0 Å². The highest BCUT2D eigenvalue weighted by Gasteiger charge is 2.32. The Labute approximate surface area is 167 Å². The third kappa shape index (κ3) is 3.26. The molecule has 0 saturated carbocycles. The van der Waals surface area contributed by atoms with Crippen molar-refractivity contribution in [2.45, 2.75) is 19.1 Å². The standard InChI is InChI=1S/C23H20BrNO2/c1-15(16-11-13-17(24)14-12-16)25(2)23(26)27-22-20-9-5-3-7-18(20)19-8-4-6-10-21(19)22/h3-15,22H,1-2H3.